The van der Waals surface area contributed by atoms with E-state index in [4.69, 9.17) is 22.6 Å². The van der Waals surface area contributed by atoms with Crippen LogP contribution in [-0.2, 0) is 4.79 Å². The van der Waals surface area contributed by atoms with Crippen molar-refractivity contribution >= 4 is 40.6 Å². The molecule has 0 spiro atoms. The summed E-state index contributed by atoms with van der Waals surface area (Å²) >= 11 is 7.24. The summed E-state index contributed by atoms with van der Waals surface area (Å²) < 4.78 is 0. The third-order valence-corrected chi connectivity index (χ3v) is 4.89. The van der Waals surface area contributed by atoms with Crippen LogP contribution in [0.1, 0.15) is 12.5 Å². The summed E-state index contributed by atoms with van der Waals surface area (Å²) in [7, 11) is 0. The normalized spacial score (nSPS) is 12.9. The lowest BCUT2D eigenvalue weighted by Crippen LogP contribution is -2.42. The van der Waals surface area contributed by atoms with Gasteiger partial charge in [-0.25, -0.2) is 0 Å². The fourth-order valence-corrected chi connectivity index (χ4v) is 2.87. The average molecular weight is 362 g/mol. The van der Waals surface area contributed by atoms with Gasteiger partial charge in [0.15, 0.2) is 0 Å². The molecule has 0 aliphatic carbocycles. The SMILES string of the molecule is C[C@](O)(CSc1ccc(C#N)cc1)C(=O)Nc1ccc(N)c(Cl)c1. The molecule has 0 radical (unpaired) electrons. The van der Waals surface area contributed by atoms with Gasteiger partial charge in [-0.3, -0.25) is 4.79 Å². The van der Waals surface area contributed by atoms with Crippen molar-refractivity contribution in [3.8, 4) is 6.07 Å². The zero-order valence-corrected chi connectivity index (χ0v) is 14.5. The molecule has 1 atom stereocenters. The van der Waals surface area contributed by atoms with Crippen molar-refractivity contribution in [1.82, 2.24) is 0 Å². The van der Waals surface area contributed by atoms with Crippen LogP contribution in [-0.4, -0.2) is 22.4 Å². The largest absolute Gasteiger partial charge is 0.398 e. The molecular formula is C17H16ClN3O2S. The summed E-state index contributed by atoms with van der Waals surface area (Å²) in [5.74, 6) is -0.377. The van der Waals surface area contributed by atoms with Crippen molar-refractivity contribution in [3.63, 3.8) is 0 Å². The van der Waals surface area contributed by atoms with Gasteiger partial charge in [-0.1, -0.05) is 11.6 Å². The lowest BCUT2D eigenvalue weighted by molar-refractivity contribution is -0.130. The van der Waals surface area contributed by atoms with E-state index in [-0.39, 0.29) is 5.75 Å². The molecule has 1 amide bonds. The summed E-state index contributed by atoms with van der Waals surface area (Å²) in [5, 5.41) is 22.1. The minimum Gasteiger partial charge on any atom is -0.398 e. The molecular weight excluding hydrogens is 346 g/mol. The quantitative estimate of drug-likeness (QED) is 0.560. The van der Waals surface area contributed by atoms with Crippen LogP contribution in [0, 0.1) is 11.3 Å². The highest BCUT2D eigenvalue weighted by atomic mass is 35.5. The van der Waals surface area contributed by atoms with Gasteiger partial charge in [-0.15, -0.1) is 11.8 Å². The van der Waals surface area contributed by atoms with Crippen molar-refractivity contribution in [3.05, 3.63) is 53.1 Å². The van der Waals surface area contributed by atoms with E-state index in [1.54, 1.807) is 36.4 Å². The molecule has 0 bridgehead atoms. The number of benzene rings is 2. The maximum absolute atomic E-state index is 12.3. The van der Waals surface area contributed by atoms with Crippen LogP contribution in [0.25, 0.3) is 0 Å². The first-order valence-electron chi connectivity index (χ1n) is 7.03. The highest BCUT2D eigenvalue weighted by molar-refractivity contribution is 7.99. The number of amides is 1. The first kappa shape index (κ1) is 18.1. The molecule has 4 N–H and O–H groups in total. The van der Waals surface area contributed by atoms with Gasteiger partial charge in [0.2, 0.25) is 0 Å². The van der Waals surface area contributed by atoms with Crippen LogP contribution in [0.15, 0.2) is 47.4 Å². The number of nitrogens with zero attached hydrogens (tertiary/aromatic N) is 1. The zero-order chi connectivity index (χ0) is 17.7. The Kier molecular flexibility index (Phi) is 5.73. The molecule has 0 unspecified atom stereocenters. The summed E-state index contributed by atoms with van der Waals surface area (Å²) in [6.45, 7) is 1.44. The molecule has 2 rings (SSSR count). The van der Waals surface area contributed by atoms with Gasteiger partial charge in [-0.2, -0.15) is 5.26 Å². The number of carbonyl (C=O) groups is 1. The molecule has 0 aromatic heterocycles. The van der Waals surface area contributed by atoms with E-state index in [9.17, 15) is 9.90 Å². The second kappa shape index (κ2) is 7.58. The summed E-state index contributed by atoms with van der Waals surface area (Å²) in [6.07, 6.45) is 0. The lowest BCUT2D eigenvalue weighted by Gasteiger charge is -2.22. The second-order valence-electron chi connectivity index (χ2n) is 5.39. The van der Waals surface area contributed by atoms with Crippen LogP contribution in [0.3, 0.4) is 0 Å². The molecule has 0 aliphatic heterocycles. The van der Waals surface area contributed by atoms with Crippen LogP contribution in [0.2, 0.25) is 5.02 Å². The number of nitrogens with two attached hydrogens (primary N) is 1. The number of anilines is 2. The third-order valence-electron chi connectivity index (χ3n) is 3.25. The zero-order valence-electron chi connectivity index (χ0n) is 12.9. The standard InChI is InChI=1S/C17H16ClN3O2S/c1-17(23,10-24-13-5-2-11(9-19)3-6-13)16(22)21-12-4-7-15(20)14(18)8-12/h2-8,23H,10,20H2,1H3,(H,21,22)/t17-/m0/s1. The predicted octanol–water partition coefficient (Wildman–Crippen LogP) is 3.28. The molecule has 2 aromatic rings. The molecule has 0 saturated carbocycles. The van der Waals surface area contributed by atoms with E-state index in [2.05, 4.69) is 5.32 Å². The van der Waals surface area contributed by atoms with Crippen molar-refractivity contribution in [2.24, 2.45) is 0 Å². The molecule has 0 saturated heterocycles. The Bertz CT molecular complexity index is 785. The number of rotatable bonds is 5. The van der Waals surface area contributed by atoms with E-state index < -0.39 is 11.5 Å². The predicted molar refractivity (Wildman–Crippen MR) is 97.0 cm³/mol. The van der Waals surface area contributed by atoms with Crippen LogP contribution in [0.5, 0.6) is 0 Å². The number of carbonyl (C=O) groups excluding carboxylic acids is 1. The van der Waals surface area contributed by atoms with Crippen LogP contribution in [0.4, 0.5) is 11.4 Å². The van der Waals surface area contributed by atoms with Crippen molar-refractivity contribution in [1.29, 1.82) is 5.26 Å². The Balaban J connectivity index is 1.98. The fourth-order valence-electron chi connectivity index (χ4n) is 1.79. The first-order chi connectivity index (χ1) is 11.3. The number of nitriles is 1. The maximum Gasteiger partial charge on any atom is 0.256 e. The highest BCUT2D eigenvalue weighted by Crippen LogP contribution is 2.26. The third kappa shape index (κ3) is 4.65. The molecule has 24 heavy (non-hydrogen) atoms. The van der Waals surface area contributed by atoms with E-state index in [0.29, 0.717) is 22.0 Å². The monoisotopic (exact) mass is 361 g/mol. The summed E-state index contributed by atoms with van der Waals surface area (Å²) in [5.41, 5.74) is 5.48. The molecule has 0 heterocycles. The smallest absolute Gasteiger partial charge is 0.256 e. The Hall–Kier alpha value is -2.20. The van der Waals surface area contributed by atoms with Gasteiger partial charge < -0.3 is 16.2 Å². The Morgan fingerprint density at radius 1 is 1.38 bits per heavy atom. The van der Waals surface area contributed by atoms with Gasteiger partial charge in [0.05, 0.1) is 22.3 Å². The molecule has 7 heteroatoms. The van der Waals surface area contributed by atoms with E-state index in [0.717, 1.165) is 4.90 Å². The first-order valence-corrected chi connectivity index (χ1v) is 8.40. The van der Waals surface area contributed by atoms with Gasteiger partial charge in [0.1, 0.15) is 5.60 Å². The van der Waals surface area contributed by atoms with Crippen molar-refractivity contribution < 1.29 is 9.90 Å². The van der Waals surface area contributed by atoms with E-state index >= 15 is 0 Å². The number of aliphatic hydroxyl groups is 1. The van der Waals surface area contributed by atoms with Gasteiger partial charge >= 0.3 is 0 Å². The molecule has 0 fully saturated rings. The minimum atomic E-state index is -1.58. The average Bonchev–Trinajstić information content (AvgIpc) is 2.57. The number of hydrogen-bond acceptors (Lipinski definition) is 5. The number of halogens is 1. The molecule has 2 aromatic carbocycles. The van der Waals surface area contributed by atoms with E-state index in [1.165, 1.54) is 24.8 Å². The van der Waals surface area contributed by atoms with Crippen LogP contribution >= 0.6 is 23.4 Å². The van der Waals surface area contributed by atoms with E-state index in [1.807, 2.05) is 6.07 Å². The second-order valence-corrected chi connectivity index (χ2v) is 6.85. The Labute approximate surface area is 149 Å². The summed E-state index contributed by atoms with van der Waals surface area (Å²) in [4.78, 5) is 13.1. The van der Waals surface area contributed by atoms with Gasteiger partial charge in [0.25, 0.3) is 5.91 Å². The van der Waals surface area contributed by atoms with Crippen LogP contribution < -0.4 is 11.1 Å². The van der Waals surface area contributed by atoms with Gasteiger partial charge in [0, 0.05) is 16.3 Å². The Morgan fingerprint density at radius 3 is 2.62 bits per heavy atom. The highest BCUT2D eigenvalue weighted by Gasteiger charge is 2.30. The molecule has 0 aliphatic rings. The minimum absolute atomic E-state index is 0.160. The molecule has 5 nitrogen and oxygen atoms in total. The Morgan fingerprint density at radius 2 is 2.04 bits per heavy atom. The summed E-state index contributed by atoms with van der Waals surface area (Å²) in [6, 6.07) is 13.7. The molecule has 124 valence electrons. The number of nitrogens with one attached hydrogen (secondary N) is 1. The number of hydrogen-bond donors (Lipinski definition) is 3. The van der Waals surface area contributed by atoms with Crippen molar-refractivity contribution in [2.75, 3.05) is 16.8 Å². The van der Waals surface area contributed by atoms with Gasteiger partial charge in [-0.05, 0) is 49.4 Å². The number of thioether (sulfide) groups is 1. The topological polar surface area (TPSA) is 99.1 Å². The van der Waals surface area contributed by atoms with Crippen molar-refractivity contribution in [2.45, 2.75) is 17.4 Å². The lowest BCUT2D eigenvalue weighted by atomic mass is 10.1. The number of nitrogen functional groups attached to an aromatic ring is 1. The fraction of sp³-hybridized carbons (Fsp3) is 0.176. The maximum atomic E-state index is 12.3.